The Balaban J connectivity index is 0.00000208. The van der Waals surface area contributed by atoms with Crippen molar-refractivity contribution in [2.75, 3.05) is 32.0 Å². The molecular weight excluding hydrogens is 333 g/mol. The zero-order valence-corrected chi connectivity index (χ0v) is 14.5. The number of carbonyl (C=O) groups is 2. The van der Waals surface area contributed by atoms with Crippen molar-refractivity contribution in [3.63, 3.8) is 0 Å². The summed E-state index contributed by atoms with van der Waals surface area (Å²) < 4.78 is 13.1. The number of benzene rings is 1. The summed E-state index contributed by atoms with van der Waals surface area (Å²) in [7, 11) is 1.65. The molecule has 1 saturated carbocycles. The fourth-order valence-electron chi connectivity index (χ4n) is 3.50. The summed E-state index contributed by atoms with van der Waals surface area (Å²) >= 11 is 0. The van der Waals surface area contributed by atoms with Crippen LogP contribution in [0.4, 0.5) is 10.1 Å². The molecule has 3 rings (SSSR count). The van der Waals surface area contributed by atoms with Gasteiger partial charge in [-0.1, -0.05) is 6.07 Å². The van der Waals surface area contributed by atoms with Gasteiger partial charge in [0.05, 0.1) is 6.54 Å². The SMILES string of the molecule is CN(CC(=O)Nc1cccc(F)c1)C(=O)C1CC12CCNCC2.Cl. The average molecular weight is 356 g/mol. The molecule has 1 aliphatic heterocycles. The Morgan fingerprint density at radius 3 is 2.75 bits per heavy atom. The summed E-state index contributed by atoms with van der Waals surface area (Å²) in [6.45, 7) is 1.92. The first kappa shape index (κ1) is 18.7. The van der Waals surface area contributed by atoms with E-state index in [2.05, 4.69) is 10.6 Å². The Labute approximate surface area is 147 Å². The molecule has 7 heteroatoms. The molecule has 1 heterocycles. The number of amides is 2. The third kappa shape index (κ3) is 4.05. The summed E-state index contributed by atoms with van der Waals surface area (Å²) in [5.74, 6) is -0.623. The monoisotopic (exact) mass is 355 g/mol. The normalized spacial score (nSPS) is 20.8. The van der Waals surface area contributed by atoms with E-state index in [1.165, 1.54) is 23.1 Å². The van der Waals surface area contributed by atoms with Crippen LogP contribution in [0.25, 0.3) is 0 Å². The van der Waals surface area contributed by atoms with Crippen LogP contribution < -0.4 is 10.6 Å². The lowest BCUT2D eigenvalue weighted by atomic mass is 9.91. The predicted octanol–water partition coefficient (Wildman–Crippen LogP) is 2.03. The number of rotatable bonds is 4. The van der Waals surface area contributed by atoms with Crippen LogP contribution in [0.1, 0.15) is 19.3 Å². The molecule has 2 aliphatic rings. The number of nitrogens with one attached hydrogen (secondary N) is 2. The highest BCUT2D eigenvalue weighted by Gasteiger charge is 2.58. The zero-order chi connectivity index (χ0) is 16.4. The highest BCUT2D eigenvalue weighted by Crippen LogP contribution is 2.59. The van der Waals surface area contributed by atoms with E-state index in [4.69, 9.17) is 0 Å². The van der Waals surface area contributed by atoms with Gasteiger partial charge >= 0.3 is 0 Å². The molecule has 1 unspecified atom stereocenters. The molecule has 1 atom stereocenters. The molecule has 2 fully saturated rings. The van der Waals surface area contributed by atoms with E-state index in [0.29, 0.717) is 5.69 Å². The van der Waals surface area contributed by atoms with E-state index < -0.39 is 5.82 Å². The Morgan fingerprint density at radius 1 is 1.38 bits per heavy atom. The molecule has 1 aromatic rings. The summed E-state index contributed by atoms with van der Waals surface area (Å²) in [6, 6.07) is 5.72. The average Bonchev–Trinajstić information content (AvgIpc) is 3.20. The standard InChI is InChI=1S/C17H22FN3O2.ClH/c1-21(11-15(22)20-13-4-2-3-12(18)9-13)16(23)14-10-17(14)5-7-19-8-6-17;/h2-4,9,14,19H,5-8,10-11H2,1H3,(H,20,22);1H. The van der Waals surface area contributed by atoms with Crippen LogP contribution >= 0.6 is 12.4 Å². The summed E-state index contributed by atoms with van der Waals surface area (Å²) in [6.07, 6.45) is 3.00. The lowest BCUT2D eigenvalue weighted by Crippen LogP contribution is -2.38. The van der Waals surface area contributed by atoms with Gasteiger partial charge in [-0.2, -0.15) is 0 Å². The topological polar surface area (TPSA) is 61.4 Å². The largest absolute Gasteiger partial charge is 0.336 e. The molecule has 0 aromatic heterocycles. The van der Waals surface area contributed by atoms with Crippen molar-refractivity contribution >= 4 is 29.9 Å². The van der Waals surface area contributed by atoms with Crippen LogP contribution in [-0.2, 0) is 9.59 Å². The first-order chi connectivity index (χ1) is 11.0. The van der Waals surface area contributed by atoms with Gasteiger partial charge in [0.15, 0.2) is 0 Å². The molecule has 5 nitrogen and oxygen atoms in total. The van der Waals surface area contributed by atoms with Gasteiger partial charge in [-0.15, -0.1) is 12.4 Å². The third-order valence-electron chi connectivity index (χ3n) is 4.95. The second-order valence-electron chi connectivity index (χ2n) is 6.62. The number of anilines is 1. The summed E-state index contributed by atoms with van der Waals surface area (Å²) in [5, 5.41) is 5.93. The van der Waals surface area contributed by atoms with Crippen molar-refractivity contribution in [3.05, 3.63) is 30.1 Å². The van der Waals surface area contributed by atoms with Crippen LogP contribution in [0.3, 0.4) is 0 Å². The lowest BCUT2D eigenvalue weighted by Gasteiger charge is -2.25. The first-order valence-electron chi connectivity index (χ1n) is 8.01. The Kier molecular flexibility index (Phi) is 5.83. The van der Waals surface area contributed by atoms with Gasteiger partial charge in [0, 0.05) is 18.7 Å². The quantitative estimate of drug-likeness (QED) is 0.868. The van der Waals surface area contributed by atoms with Crippen molar-refractivity contribution in [1.29, 1.82) is 0 Å². The van der Waals surface area contributed by atoms with Crippen LogP contribution in [0, 0.1) is 17.2 Å². The molecule has 0 bridgehead atoms. The smallest absolute Gasteiger partial charge is 0.243 e. The highest BCUT2D eigenvalue weighted by atomic mass is 35.5. The van der Waals surface area contributed by atoms with Crippen LogP contribution in [-0.4, -0.2) is 43.4 Å². The third-order valence-corrected chi connectivity index (χ3v) is 4.95. The van der Waals surface area contributed by atoms with Crippen molar-refractivity contribution in [2.45, 2.75) is 19.3 Å². The number of hydrogen-bond donors (Lipinski definition) is 2. The fourth-order valence-corrected chi connectivity index (χ4v) is 3.50. The number of halogens is 2. The number of hydrogen-bond acceptors (Lipinski definition) is 3. The van der Waals surface area contributed by atoms with E-state index in [1.54, 1.807) is 13.1 Å². The Bertz CT molecular complexity index is 620. The van der Waals surface area contributed by atoms with E-state index in [9.17, 15) is 14.0 Å². The molecule has 1 spiro atoms. The van der Waals surface area contributed by atoms with Gasteiger partial charge in [0.25, 0.3) is 0 Å². The van der Waals surface area contributed by atoms with Gasteiger partial charge < -0.3 is 15.5 Å². The van der Waals surface area contributed by atoms with Crippen molar-refractivity contribution < 1.29 is 14.0 Å². The van der Waals surface area contributed by atoms with E-state index in [-0.39, 0.29) is 42.1 Å². The molecule has 1 saturated heterocycles. The zero-order valence-electron chi connectivity index (χ0n) is 13.7. The minimum atomic E-state index is -0.405. The van der Waals surface area contributed by atoms with Gasteiger partial charge in [-0.25, -0.2) is 4.39 Å². The minimum absolute atomic E-state index is 0. The number of piperidine rings is 1. The van der Waals surface area contributed by atoms with Crippen LogP contribution in [0.15, 0.2) is 24.3 Å². The Hall–Kier alpha value is -1.66. The van der Waals surface area contributed by atoms with Crippen LogP contribution in [0.2, 0.25) is 0 Å². The van der Waals surface area contributed by atoms with Crippen molar-refractivity contribution in [1.82, 2.24) is 10.2 Å². The van der Waals surface area contributed by atoms with E-state index in [0.717, 1.165) is 32.4 Å². The van der Waals surface area contributed by atoms with Gasteiger partial charge in [0.1, 0.15) is 5.82 Å². The molecule has 2 N–H and O–H groups in total. The van der Waals surface area contributed by atoms with Crippen molar-refractivity contribution in [2.24, 2.45) is 11.3 Å². The maximum absolute atomic E-state index is 13.1. The summed E-state index contributed by atoms with van der Waals surface area (Å²) in [5.41, 5.74) is 0.562. The number of likely N-dealkylation sites (N-methyl/N-ethyl adjacent to an activating group) is 1. The molecule has 132 valence electrons. The minimum Gasteiger partial charge on any atom is -0.336 e. The number of nitrogens with zero attached hydrogens (tertiary/aromatic N) is 1. The van der Waals surface area contributed by atoms with Gasteiger partial charge in [-0.05, 0) is 56.0 Å². The highest BCUT2D eigenvalue weighted by molar-refractivity contribution is 5.95. The molecule has 2 amide bonds. The maximum atomic E-state index is 13.1. The molecule has 1 aliphatic carbocycles. The molecular formula is C17H23ClFN3O2. The Morgan fingerprint density at radius 2 is 2.08 bits per heavy atom. The molecule has 24 heavy (non-hydrogen) atoms. The number of carbonyl (C=O) groups excluding carboxylic acids is 2. The maximum Gasteiger partial charge on any atom is 0.243 e. The predicted molar refractivity (Wildman–Crippen MR) is 92.6 cm³/mol. The van der Waals surface area contributed by atoms with E-state index in [1.807, 2.05) is 0 Å². The van der Waals surface area contributed by atoms with E-state index >= 15 is 0 Å². The van der Waals surface area contributed by atoms with Gasteiger partial charge in [0.2, 0.25) is 11.8 Å². The molecule has 0 radical (unpaired) electrons. The lowest BCUT2D eigenvalue weighted by molar-refractivity contribution is -0.135. The second-order valence-corrected chi connectivity index (χ2v) is 6.62. The van der Waals surface area contributed by atoms with Crippen molar-refractivity contribution in [3.8, 4) is 0 Å². The van der Waals surface area contributed by atoms with Crippen LogP contribution in [0.5, 0.6) is 0 Å². The fraction of sp³-hybridized carbons (Fsp3) is 0.529. The second kappa shape index (κ2) is 7.49. The molecule has 1 aromatic carbocycles. The summed E-state index contributed by atoms with van der Waals surface area (Å²) in [4.78, 5) is 26.0. The first-order valence-corrected chi connectivity index (χ1v) is 8.01. The van der Waals surface area contributed by atoms with Gasteiger partial charge in [-0.3, -0.25) is 9.59 Å².